The van der Waals surface area contributed by atoms with Crippen LogP contribution < -0.4 is 5.32 Å². The Morgan fingerprint density at radius 3 is 2.60 bits per heavy atom. The van der Waals surface area contributed by atoms with Gasteiger partial charge in [0.1, 0.15) is 5.82 Å². The van der Waals surface area contributed by atoms with Crippen molar-refractivity contribution in [1.29, 1.82) is 0 Å². The Hall–Kier alpha value is -1.49. The Balaban J connectivity index is 0.00000200. The van der Waals surface area contributed by atoms with Gasteiger partial charge in [0.05, 0.1) is 17.9 Å². The van der Waals surface area contributed by atoms with Gasteiger partial charge in [0.15, 0.2) is 0 Å². The molecule has 5 nitrogen and oxygen atoms in total. The van der Waals surface area contributed by atoms with Gasteiger partial charge in [-0.25, -0.2) is 0 Å². The molecule has 0 spiro atoms. The molecule has 2 aromatic rings. The van der Waals surface area contributed by atoms with Crippen LogP contribution in [0.4, 0.5) is 5.82 Å². The van der Waals surface area contributed by atoms with Gasteiger partial charge >= 0.3 is 0 Å². The fraction of sp³-hybridized carbons (Fsp3) is 0.571. The molecule has 2 rings (SSSR count). The molecule has 0 aliphatic carbocycles. The van der Waals surface area contributed by atoms with Gasteiger partial charge in [-0.2, -0.15) is 10.2 Å². The third kappa shape index (κ3) is 4.27. The molecular weight excluding hydrogens is 274 g/mol. The molecule has 0 atom stereocenters. The molecule has 0 amide bonds. The third-order valence-corrected chi connectivity index (χ3v) is 2.96. The molecule has 0 bridgehead atoms. The summed E-state index contributed by atoms with van der Waals surface area (Å²) in [5, 5.41) is 12.3. The molecule has 6 heteroatoms. The SMILES string of the molecule is CCCn1ccc(NCc2cc(C)nn2CCC)n1.Cl. The molecule has 0 fully saturated rings. The van der Waals surface area contributed by atoms with Crippen LogP contribution in [0.5, 0.6) is 0 Å². The second-order valence-electron chi connectivity index (χ2n) is 4.82. The highest BCUT2D eigenvalue weighted by Gasteiger charge is 2.05. The van der Waals surface area contributed by atoms with E-state index >= 15 is 0 Å². The predicted molar refractivity (Wildman–Crippen MR) is 84.3 cm³/mol. The topological polar surface area (TPSA) is 47.7 Å². The van der Waals surface area contributed by atoms with Gasteiger partial charge in [0.25, 0.3) is 0 Å². The Bertz CT molecular complexity index is 517. The van der Waals surface area contributed by atoms with Crippen LogP contribution in [0.3, 0.4) is 0 Å². The first-order valence-electron chi connectivity index (χ1n) is 7.03. The zero-order valence-electron chi connectivity index (χ0n) is 12.5. The summed E-state index contributed by atoms with van der Waals surface area (Å²) in [6.45, 7) is 9.06. The van der Waals surface area contributed by atoms with E-state index in [2.05, 4.69) is 40.1 Å². The minimum atomic E-state index is 0. The number of aromatic nitrogens is 4. The van der Waals surface area contributed by atoms with Crippen molar-refractivity contribution in [2.45, 2.75) is 53.2 Å². The van der Waals surface area contributed by atoms with E-state index in [1.807, 2.05) is 23.9 Å². The Morgan fingerprint density at radius 1 is 1.15 bits per heavy atom. The fourth-order valence-corrected chi connectivity index (χ4v) is 2.14. The van der Waals surface area contributed by atoms with Crippen LogP contribution in [-0.4, -0.2) is 19.6 Å². The molecule has 1 N–H and O–H groups in total. The minimum Gasteiger partial charge on any atom is -0.363 e. The van der Waals surface area contributed by atoms with E-state index in [9.17, 15) is 0 Å². The number of hydrogen-bond donors (Lipinski definition) is 1. The van der Waals surface area contributed by atoms with Gasteiger partial charge in [-0.15, -0.1) is 12.4 Å². The van der Waals surface area contributed by atoms with Crippen LogP contribution in [0.25, 0.3) is 0 Å². The quantitative estimate of drug-likeness (QED) is 0.853. The van der Waals surface area contributed by atoms with Crippen LogP contribution in [0.15, 0.2) is 18.3 Å². The highest BCUT2D eigenvalue weighted by molar-refractivity contribution is 5.85. The molecule has 0 radical (unpaired) electrons. The van der Waals surface area contributed by atoms with Crippen LogP contribution in [-0.2, 0) is 19.6 Å². The largest absolute Gasteiger partial charge is 0.363 e. The van der Waals surface area contributed by atoms with Crippen molar-refractivity contribution in [3.63, 3.8) is 0 Å². The van der Waals surface area contributed by atoms with Crippen molar-refractivity contribution in [3.8, 4) is 0 Å². The van der Waals surface area contributed by atoms with E-state index in [0.717, 1.165) is 44.0 Å². The normalized spacial score (nSPS) is 10.3. The first kappa shape index (κ1) is 16.6. The lowest BCUT2D eigenvalue weighted by atomic mass is 10.3. The number of hydrogen-bond acceptors (Lipinski definition) is 3. The Kier molecular flexibility index (Phi) is 6.58. The maximum atomic E-state index is 4.50. The van der Waals surface area contributed by atoms with Crippen molar-refractivity contribution in [2.75, 3.05) is 5.32 Å². The monoisotopic (exact) mass is 297 g/mol. The molecule has 20 heavy (non-hydrogen) atoms. The molecule has 0 saturated carbocycles. The summed E-state index contributed by atoms with van der Waals surface area (Å²) in [6.07, 6.45) is 4.21. The highest BCUT2D eigenvalue weighted by Crippen LogP contribution is 2.09. The van der Waals surface area contributed by atoms with Crippen LogP contribution in [0, 0.1) is 6.92 Å². The maximum absolute atomic E-state index is 4.50. The molecule has 2 aromatic heterocycles. The average molecular weight is 298 g/mol. The molecular formula is C14H24ClN5. The van der Waals surface area contributed by atoms with E-state index in [0.29, 0.717) is 0 Å². The molecule has 2 heterocycles. The lowest BCUT2D eigenvalue weighted by Gasteiger charge is -2.06. The average Bonchev–Trinajstić information content (AvgIpc) is 2.95. The first-order chi connectivity index (χ1) is 9.22. The molecule has 0 aliphatic heterocycles. The lowest BCUT2D eigenvalue weighted by molar-refractivity contribution is 0.573. The van der Waals surface area contributed by atoms with E-state index in [-0.39, 0.29) is 12.4 Å². The summed E-state index contributed by atoms with van der Waals surface area (Å²) in [5.41, 5.74) is 2.28. The van der Waals surface area contributed by atoms with Gasteiger partial charge in [-0.3, -0.25) is 9.36 Å². The summed E-state index contributed by atoms with van der Waals surface area (Å²) in [7, 11) is 0. The zero-order valence-corrected chi connectivity index (χ0v) is 13.3. The van der Waals surface area contributed by atoms with E-state index in [1.165, 1.54) is 5.69 Å². The Labute approximate surface area is 126 Å². The fourth-order valence-electron chi connectivity index (χ4n) is 2.14. The van der Waals surface area contributed by atoms with Crippen molar-refractivity contribution in [3.05, 3.63) is 29.7 Å². The van der Waals surface area contributed by atoms with Crippen molar-refractivity contribution < 1.29 is 0 Å². The van der Waals surface area contributed by atoms with E-state index in [1.54, 1.807) is 0 Å². The number of halogens is 1. The van der Waals surface area contributed by atoms with Crippen molar-refractivity contribution in [2.24, 2.45) is 0 Å². The van der Waals surface area contributed by atoms with E-state index < -0.39 is 0 Å². The van der Waals surface area contributed by atoms with Crippen LogP contribution >= 0.6 is 12.4 Å². The molecule has 0 aliphatic rings. The molecule has 0 unspecified atom stereocenters. The summed E-state index contributed by atoms with van der Waals surface area (Å²) < 4.78 is 4.04. The van der Waals surface area contributed by atoms with Gasteiger partial charge < -0.3 is 5.32 Å². The smallest absolute Gasteiger partial charge is 0.148 e. The van der Waals surface area contributed by atoms with Gasteiger partial charge in [-0.1, -0.05) is 13.8 Å². The van der Waals surface area contributed by atoms with Crippen molar-refractivity contribution >= 4 is 18.2 Å². The van der Waals surface area contributed by atoms with Gasteiger partial charge in [-0.05, 0) is 25.8 Å². The summed E-state index contributed by atoms with van der Waals surface area (Å²) in [5.74, 6) is 0.926. The second kappa shape index (κ2) is 7.94. The van der Waals surface area contributed by atoms with E-state index in [4.69, 9.17) is 0 Å². The second-order valence-corrected chi connectivity index (χ2v) is 4.82. The number of aryl methyl sites for hydroxylation is 3. The minimum absolute atomic E-state index is 0. The molecule has 0 saturated heterocycles. The predicted octanol–water partition coefficient (Wildman–Crippen LogP) is 3.24. The van der Waals surface area contributed by atoms with Crippen LogP contribution in [0.1, 0.15) is 38.1 Å². The number of anilines is 1. The summed E-state index contributed by atoms with van der Waals surface area (Å²) in [6, 6.07) is 4.15. The Morgan fingerprint density at radius 2 is 1.90 bits per heavy atom. The lowest BCUT2D eigenvalue weighted by Crippen LogP contribution is -2.09. The van der Waals surface area contributed by atoms with Gasteiger partial charge in [0, 0.05) is 25.4 Å². The highest BCUT2D eigenvalue weighted by atomic mass is 35.5. The molecule has 112 valence electrons. The number of rotatable bonds is 7. The summed E-state index contributed by atoms with van der Waals surface area (Å²) in [4.78, 5) is 0. The molecule has 0 aromatic carbocycles. The number of nitrogens with zero attached hydrogens (tertiary/aromatic N) is 4. The van der Waals surface area contributed by atoms with Crippen LogP contribution in [0.2, 0.25) is 0 Å². The number of nitrogens with one attached hydrogen (secondary N) is 1. The first-order valence-corrected chi connectivity index (χ1v) is 7.03. The summed E-state index contributed by atoms with van der Waals surface area (Å²) >= 11 is 0. The maximum Gasteiger partial charge on any atom is 0.148 e. The zero-order chi connectivity index (χ0) is 13.7. The standard InChI is InChI=1S/C14H23N5.ClH/c1-4-7-18-9-6-14(17-18)15-11-13-10-12(3)16-19(13)8-5-2;/h6,9-10H,4-5,7-8,11H2,1-3H3,(H,15,17);1H. The van der Waals surface area contributed by atoms with Gasteiger partial charge in [0.2, 0.25) is 0 Å². The third-order valence-electron chi connectivity index (χ3n) is 2.96. The van der Waals surface area contributed by atoms with Crippen molar-refractivity contribution in [1.82, 2.24) is 19.6 Å².